The van der Waals surface area contributed by atoms with Crippen LogP contribution >= 0.6 is 11.3 Å². The Morgan fingerprint density at radius 3 is 2.76 bits per heavy atom. The van der Waals surface area contributed by atoms with E-state index in [-0.39, 0.29) is 0 Å². The van der Waals surface area contributed by atoms with Crippen LogP contribution in [0.4, 0.5) is 0 Å². The third kappa shape index (κ3) is 5.16. The van der Waals surface area contributed by atoms with Gasteiger partial charge in [0.1, 0.15) is 12.4 Å². The van der Waals surface area contributed by atoms with Gasteiger partial charge in [0.15, 0.2) is 0 Å². The summed E-state index contributed by atoms with van der Waals surface area (Å²) in [5.41, 5.74) is 0.861. The molecule has 1 aromatic carbocycles. The van der Waals surface area contributed by atoms with Crippen molar-refractivity contribution in [2.75, 3.05) is 20.3 Å². The number of ether oxygens (including phenoxy) is 2. The number of aryl methyl sites for hydroxylation is 1. The van der Waals surface area contributed by atoms with E-state index in [4.69, 9.17) is 9.47 Å². The topological polar surface area (TPSA) is 38.7 Å². The molecule has 1 unspecified atom stereocenters. The summed E-state index contributed by atoms with van der Waals surface area (Å²) in [5.74, 6) is 0.748. The standard InChI is InChI=1S/C17H22O3S/c1-19-11-12-20-17-10-3-2-8-15(17)16(18)9-4-6-14-7-5-13-21-14/h2-3,5,7-8,10,13,16,18H,4,6,9,11-12H2,1H3. The van der Waals surface area contributed by atoms with Gasteiger partial charge >= 0.3 is 0 Å². The fraction of sp³-hybridized carbons (Fsp3) is 0.412. The van der Waals surface area contributed by atoms with Crippen LogP contribution in [0, 0.1) is 0 Å². The summed E-state index contributed by atoms with van der Waals surface area (Å²) in [4.78, 5) is 1.37. The molecule has 2 rings (SSSR count). The first-order valence-corrected chi connectivity index (χ1v) is 8.10. The van der Waals surface area contributed by atoms with Gasteiger partial charge < -0.3 is 14.6 Å². The van der Waals surface area contributed by atoms with Crippen molar-refractivity contribution in [3.8, 4) is 5.75 Å². The molecule has 0 aliphatic heterocycles. The number of rotatable bonds is 9. The van der Waals surface area contributed by atoms with Crippen LogP contribution in [0.1, 0.15) is 29.4 Å². The molecule has 114 valence electrons. The van der Waals surface area contributed by atoms with E-state index < -0.39 is 6.10 Å². The fourth-order valence-corrected chi connectivity index (χ4v) is 2.95. The summed E-state index contributed by atoms with van der Waals surface area (Å²) in [5, 5.41) is 12.5. The molecule has 0 saturated heterocycles. The van der Waals surface area contributed by atoms with Crippen molar-refractivity contribution < 1.29 is 14.6 Å². The third-order valence-corrected chi connectivity index (χ3v) is 4.24. The van der Waals surface area contributed by atoms with Crippen LogP contribution in [0.5, 0.6) is 5.75 Å². The fourth-order valence-electron chi connectivity index (χ4n) is 2.20. The highest BCUT2D eigenvalue weighted by Gasteiger charge is 2.13. The van der Waals surface area contributed by atoms with Crippen LogP contribution in [-0.2, 0) is 11.2 Å². The van der Waals surface area contributed by atoms with Gasteiger partial charge in [0.2, 0.25) is 0 Å². The second kappa shape index (κ2) is 8.82. The van der Waals surface area contributed by atoms with Crippen molar-refractivity contribution >= 4 is 11.3 Å². The van der Waals surface area contributed by atoms with Crippen molar-refractivity contribution in [2.45, 2.75) is 25.4 Å². The SMILES string of the molecule is COCCOc1ccccc1C(O)CCCc1cccs1. The highest BCUT2D eigenvalue weighted by atomic mass is 32.1. The van der Waals surface area contributed by atoms with Crippen molar-refractivity contribution in [1.82, 2.24) is 0 Å². The Morgan fingerprint density at radius 1 is 1.14 bits per heavy atom. The highest BCUT2D eigenvalue weighted by molar-refractivity contribution is 7.09. The minimum atomic E-state index is -0.483. The molecule has 0 spiro atoms. The van der Waals surface area contributed by atoms with Gasteiger partial charge in [-0.3, -0.25) is 0 Å². The van der Waals surface area contributed by atoms with Crippen molar-refractivity contribution in [1.29, 1.82) is 0 Å². The quantitative estimate of drug-likeness (QED) is 0.716. The van der Waals surface area contributed by atoms with Gasteiger partial charge in [-0.15, -0.1) is 11.3 Å². The molecule has 4 heteroatoms. The molecular formula is C17H22O3S. The van der Waals surface area contributed by atoms with Gasteiger partial charge in [-0.05, 0) is 36.8 Å². The Kier molecular flexibility index (Phi) is 6.73. The van der Waals surface area contributed by atoms with E-state index in [9.17, 15) is 5.11 Å². The minimum Gasteiger partial charge on any atom is -0.491 e. The number of benzene rings is 1. The van der Waals surface area contributed by atoms with E-state index in [0.717, 1.165) is 30.6 Å². The first-order chi connectivity index (χ1) is 10.3. The van der Waals surface area contributed by atoms with Gasteiger partial charge in [-0.25, -0.2) is 0 Å². The van der Waals surface area contributed by atoms with Gasteiger partial charge in [-0.2, -0.15) is 0 Å². The summed E-state index contributed by atoms with van der Waals surface area (Å²) in [6.45, 7) is 1.04. The molecule has 0 saturated carbocycles. The molecule has 0 bridgehead atoms. The lowest BCUT2D eigenvalue weighted by Gasteiger charge is -2.16. The number of aliphatic hydroxyl groups excluding tert-OH is 1. The normalized spacial score (nSPS) is 12.3. The summed E-state index contributed by atoms with van der Waals surface area (Å²) in [6.07, 6.45) is 2.24. The van der Waals surface area contributed by atoms with Crippen molar-refractivity contribution in [3.63, 3.8) is 0 Å². The smallest absolute Gasteiger partial charge is 0.125 e. The summed E-state index contributed by atoms with van der Waals surface area (Å²) in [7, 11) is 1.65. The summed E-state index contributed by atoms with van der Waals surface area (Å²) >= 11 is 1.77. The third-order valence-electron chi connectivity index (χ3n) is 3.30. The monoisotopic (exact) mass is 306 g/mol. The van der Waals surface area contributed by atoms with Crippen LogP contribution in [0.15, 0.2) is 41.8 Å². The Morgan fingerprint density at radius 2 is 2.00 bits per heavy atom. The number of hydrogen-bond donors (Lipinski definition) is 1. The Labute approximate surface area is 130 Å². The van der Waals surface area contributed by atoms with Gasteiger partial charge in [0.05, 0.1) is 12.7 Å². The Balaban J connectivity index is 1.87. The van der Waals surface area contributed by atoms with E-state index in [1.807, 2.05) is 24.3 Å². The van der Waals surface area contributed by atoms with Crippen LogP contribution in [0.25, 0.3) is 0 Å². The Bertz CT molecular complexity index is 511. The molecule has 0 fully saturated rings. The zero-order chi connectivity index (χ0) is 14.9. The van der Waals surface area contributed by atoms with Gasteiger partial charge in [0.25, 0.3) is 0 Å². The molecule has 1 heterocycles. The van der Waals surface area contributed by atoms with Crippen molar-refractivity contribution in [3.05, 3.63) is 52.2 Å². The molecule has 0 radical (unpaired) electrons. The van der Waals surface area contributed by atoms with E-state index in [0.29, 0.717) is 13.2 Å². The van der Waals surface area contributed by atoms with E-state index >= 15 is 0 Å². The first kappa shape index (κ1) is 16.0. The lowest BCUT2D eigenvalue weighted by atomic mass is 10.0. The first-order valence-electron chi connectivity index (χ1n) is 7.22. The number of hydrogen-bond acceptors (Lipinski definition) is 4. The maximum atomic E-state index is 10.4. The lowest BCUT2D eigenvalue weighted by Crippen LogP contribution is -2.08. The molecular weight excluding hydrogens is 284 g/mol. The average Bonchev–Trinajstić information content (AvgIpc) is 3.01. The molecule has 0 amide bonds. The molecule has 1 aromatic heterocycles. The molecule has 2 aromatic rings. The largest absolute Gasteiger partial charge is 0.491 e. The van der Waals surface area contributed by atoms with Crippen LogP contribution in [0.2, 0.25) is 0 Å². The van der Waals surface area contributed by atoms with E-state index in [1.54, 1.807) is 18.4 Å². The van der Waals surface area contributed by atoms with Crippen LogP contribution < -0.4 is 4.74 Å². The van der Waals surface area contributed by atoms with Gasteiger partial charge in [0, 0.05) is 17.6 Å². The average molecular weight is 306 g/mol. The molecule has 1 N–H and O–H groups in total. The zero-order valence-corrected chi connectivity index (χ0v) is 13.1. The summed E-state index contributed by atoms with van der Waals surface area (Å²) < 4.78 is 10.7. The summed E-state index contributed by atoms with van der Waals surface area (Å²) in [6, 6.07) is 11.9. The molecule has 3 nitrogen and oxygen atoms in total. The molecule has 0 aliphatic rings. The van der Waals surface area contributed by atoms with Crippen LogP contribution in [-0.4, -0.2) is 25.4 Å². The number of thiophene rings is 1. The number of methoxy groups -OCH3 is 1. The second-order valence-electron chi connectivity index (χ2n) is 4.87. The zero-order valence-electron chi connectivity index (χ0n) is 12.3. The minimum absolute atomic E-state index is 0.483. The molecule has 1 atom stereocenters. The lowest BCUT2D eigenvalue weighted by molar-refractivity contribution is 0.135. The predicted molar refractivity (Wildman–Crippen MR) is 86.0 cm³/mol. The van der Waals surface area contributed by atoms with Gasteiger partial charge in [-0.1, -0.05) is 24.3 Å². The van der Waals surface area contributed by atoms with Crippen LogP contribution in [0.3, 0.4) is 0 Å². The maximum absolute atomic E-state index is 10.4. The Hall–Kier alpha value is -1.36. The van der Waals surface area contributed by atoms with E-state index in [2.05, 4.69) is 17.5 Å². The number of para-hydroxylation sites is 1. The maximum Gasteiger partial charge on any atom is 0.125 e. The molecule has 21 heavy (non-hydrogen) atoms. The highest BCUT2D eigenvalue weighted by Crippen LogP contribution is 2.28. The second-order valence-corrected chi connectivity index (χ2v) is 5.90. The van der Waals surface area contributed by atoms with E-state index in [1.165, 1.54) is 4.88 Å². The number of aliphatic hydroxyl groups is 1. The molecule has 0 aliphatic carbocycles. The van der Waals surface area contributed by atoms with Crippen molar-refractivity contribution in [2.24, 2.45) is 0 Å². The predicted octanol–water partition coefficient (Wildman–Crippen LogP) is 3.83.